The average Bonchev–Trinajstić information content (AvgIpc) is 2.81. The number of anilines is 3. The summed E-state index contributed by atoms with van der Waals surface area (Å²) in [6, 6.07) is 10.4. The molecule has 1 unspecified atom stereocenters. The first-order valence-corrected chi connectivity index (χ1v) is 9.19. The lowest BCUT2D eigenvalue weighted by Gasteiger charge is -2.30. The van der Waals surface area contributed by atoms with Gasteiger partial charge in [0.05, 0.1) is 22.8 Å². The lowest BCUT2D eigenvalue weighted by Crippen LogP contribution is -2.44. The van der Waals surface area contributed by atoms with Gasteiger partial charge >= 0.3 is 0 Å². The zero-order valence-electron chi connectivity index (χ0n) is 16.5. The van der Waals surface area contributed by atoms with Gasteiger partial charge in [-0.05, 0) is 31.2 Å². The van der Waals surface area contributed by atoms with E-state index in [0.717, 1.165) is 6.07 Å². The van der Waals surface area contributed by atoms with E-state index in [4.69, 9.17) is 5.73 Å². The smallest absolute Gasteiger partial charge is 0.293 e. The summed E-state index contributed by atoms with van der Waals surface area (Å²) in [5.74, 6) is -1.31. The van der Waals surface area contributed by atoms with E-state index >= 15 is 0 Å². The van der Waals surface area contributed by atoms with E-state index in [1.54, 1.807) is 38.2 Å². The monoisotopic (exact) mass is 411 g/mol. The fourth-order valence-corrected chi connectivity index (χ4v) is 3.48. The average molecular weight is 411 g/mol. The normalized spacial score (nSPS) is 15.6. The van der Waals surface area contributed by atoms with Gasteiger partial charge in [-0.25, -0.2) is 0 Å². The number of hydrogen-bond donors (Lipinski definition) is 2. The Morgan fingerprint density at radius 2 is 2.00 bits per heavy atom. The first kappa shape index (κ1) is 20.8. The Hall–Kier alpha value is -3.95. The molecular formula is C20H21N5O5. The predicted molar refractivity (Wildman–Crippen MR) is 112 cm³/mol. The minimum absolute atomic E-state index is 0.00447. The molecular weight excluding hydrogens is 390 g/mol. The number of likely N-dealkylation sites (N-methyl/N-ethyl adjacent to an activating group) is 1. The number of nitrogens with two attached hydrogens (primary N) is 1. The number of nitro benzene ring substituents is 1. The number of primary amides is 1. The van der Waals surface area contributed by atoms with Gasteiger partial charge < -0.3 is 20.9 Å². The lowest BCUT2D eigenvalue weighted by molar-refractivity contribution is -0.384. The number of hydrogen-bond acceptors (Lipinski definition) is 6. The zero-order valence-corrected chi connectivity index (χ0v) is 16.5. The molecule has 0 saturated heterocycles. The minimum atomic E-state index is -0.782. The number of carbonyl (C=O) groups excluding carboxylic acids is 3. The summed E-state index contributed by atoms with van der Waals surface area (Å²) in [6.07, 6.45) is 0.123. The van der Waals surface area contributed by atoms with Crippen molar-refractivity contribution in [2.24, 2.45) is 5.73 Å². The highest BCUT2D eigenvalue weighted by Crippen LogP contribution is 2.32. The molecule has 0 spiro atoms. The van der Waals surface area contributed by atoms with Crippen LogP contribution >= 0.6 is 0 Å². The molecule has 0 radical (unpaired) electrons. The van der Waals surface area contributed by atoms with E-state index in [-0.39, 0.29) is 41.7 Å². The first-order valence-electron chi connectivity index (χ1n) is 9.19. The molecule has 30 heavy (non-hydrogen) atoms. The van der Waals surface area contributed by atoms with Gasteiger partial charge in [-0.1, -0.05) is 12.1 Å². The van der Waals surface area contributed by atoms with Crippen molar-refractivity contribution in [1.29, 1.82) is 0 Å². The fourth-order valence-electron chi connectivity index (χ4n) is 3.48. The molecule has 2 aromatic rings. The van der Waals surface area contributed by atoms with Crippen LogP contribution in [-0.4, -0.2) is 42.3 Å². The highest BCUT2D eigenvalue weighted by atomic mass is 16.6. The van der Waals surface area contributed by atoms with Crippen molar-refractivity contribution in [1.82, 2.24) is 0 Å². The fraction of sp³-hybridized carbons (Fsp3) is 0.250. The zero-order chi connectivity index (χ0) is 22.0. The van der Waals surface area contributed by atoms with Crippen LogP contribution in [0.3, 0.4) is 0 Å². The summed E-state index contributed by atoms with van der Waals surface area (Å²) in [7, 11) is 1.54. The first-order chi connectivity index (χ1) is 14.2. The quantitative estimate of drug-likeness (QED) is 0.569. The number of amides is 3. The highest BCUT2D eigenvalue weighted by molar-refractivity contribution is 6.05. The van der Waals surface area contributed by atoms with E-state index in [0.29, 0.717) is 11.4 Å². The van der Waals surface area contributed by atoms with E-state index in [1.165, 1.54) is 21.9 Å². The molecule has 0 aromatic heterocycles. The molecule has 10 nitrogen and oxygen atoms in total. The maximum absolute atomic E-state index is 13.2. The third-order valence-corrected chi connectivity index (χ3v) is 4.87. The molecule has 3 rings (SSSR count). The molecule has 1 atom stereocenters. The molecule has 3 amide bonds. The second-order valence-corrected chi connectivity index (χ2v) is 7.06. The van der Waals surface area contributed by atoms with E-state index in [2.05, 4.69) is 5.32 Å². The largest absolute Gasteiger partial charge is 0.366 e. The van der Waals surface area contributed by atoms with E-state index < -0.39 is 16.9 Å². The third-order valence-electron chi connectivity index (χ3n) is 4.87. The number of nitrogens with zero attached hydrogens (tertiary/aromatic N) is 3. The number of nitrogens with one attached hydrogen (secondary N) is 1. The summed E-state index contributed by atoms with van der Waals surface area (Å²) in [5.41, 5.74) is 6.14. The molecule has 0 bridgehead atoms. The van der Waals surface area contributed by atoms with Gasteiger partial charge in [0.2, 0.25) is 17.7 Å². The van der Waals surface area contributed by atoms with Gasteiger partial charge in [-0.3, -0.25) is 24.5 Å². The molecule has 3 N–H and O–H groups in total. The number of rotatable bonds is 5. The number of para-hydroxylation sites is 2. The van der Waals surface area contributed by atoms with E-state index in [9.17, 15) is 24.5 Å². The topological polar surface area (TPSA) is 139 Å². The van der Waals surface area contributed by atoms with Crippen molar-refractivity contribution in [2.45, 2.75) is 19.4 Å². The van der Waals surface area contributed by atoms with Crippen LogP contribution in [0.15, 0.2) is 42.5 Å². The molecule has 0 saturated carbocycles. The van der Waals surface area contributed by atoms with Gasteiger partial charge in [-0.2, -0.15) is 0 Å². The summed E-state index contributed by atoms with van der Waals surface area (Å²) in [4.78, 5) is 50.4. The Morgan fingerprint density at radius 1 is 1.30 bits per heavy atom. The van der Waals surface area contributed by atoms with Gasteiger partial charge in [0.1, 0.15) is 5.69 Å². The van der Waals surface area contributed by atoms with Crippen molar-refractivity contribution in [3.05, 3.63) is 58.1 Å². The highest BCUT2D eigenvalue weighted by Gasteiger charge is 2.31. The minimum Gasteiger partial charge on any atom is -0.366 e. The molecule has 10 heteroatoms. The summed E-state index contributed by atoms with van der Waals surface area (Å²) >= 11 is 0. The maximum Gasteiger partial charge on any atom is 0.293 e. The second-order valence-electron chi connectivity index (χ2n) is 7.06. The van der Waals surface area contributed by atoms with Gasteiger partial charge in [0.15, 0.2) is 0 Å². The Bertz CT molecular complexity index is 1040. The molecule has 0 aliphatic carbocycles. The number of benzene rings is 2. The van der Waals surface area contributed by atoms with Gasteiger partial charge in [0.25, 0.3) is 5.69 Å². The van der Waals surface area contributed by atoms with Crippen LogP contribution in [0.5, 0.6) is 0 Å². The van der Waals surface area contributed by atoms with Crippen LogP contribution in [0.4, 0.5) is 22.7 Å². The molecule has 1 aliphatic heterocycles. The van der Waals surface area contributed by atoms with Crippen LogP contribution in [0.2, 0.25) is 0 Å². The Kier molecular flexibility index (Phi) is 5.67. The Balaban J connectivity index is 1.91. The lowest BCUT2D eigenvalue weighted by atomic mass is 10.1. The van der Waals surface area contributed by atoms with Crippen LogP contribution in [0.1, 0.15) is 23.7 Å². The van der Waals surface area contributed by atoms with Gasteiger partial charge in [0, 0.05) is 31.1 Å². The van der Waals surface area contributed by atoms with Crippen LogP contribution in [-0.2, 0) is 9.59 Å². The number of carbonyl (C=O) groups is 3. The summed E-state index contributed by atoms with van der Waals surface area (Å²) in [6.45, 7) is 1.59. The second kappa shape index (κ2) is 8.19. The van der Waals surface area contributed by atoms with Crippen molar-refractivity contribution < 1.29 is 19.3 Å². The molecule has 2 aromatic carbocycles. The number of fused-ring (bicyclic) bond motifs is 1. The molecule has 1 heterocycles. The van der Waals surface area contributed by atoms with Crippen molar-refractivity contribution in [3.8, 4) is 0 Å². The standard InChI is InChI=1S/C20H21N5O5/c1-12-9-18(26)22-14-5-3-4-6-15(14)24(12)19(27)11-23(2)16-8-7-13(20(21)28)10-17(16)25(29)30/h3-8,10,12H,9,11H2,1-2H3,(H2,21,28)(H,22,26). The van der Waals surface area contributed by atoms with Crippen LogP contribution < -0.4 is 20.9 Å². The van der Waals surface area contributed by atoms with Crippen molar-refractivity contribution in [2.75, 3.05) is 28.7 Å². The van der Waals surface area contributed by atoms with Crippen molar-refractivity contribution >= 4 is 40.5 Å². The van der Waals surface area contributed by atoms with Crippen molar-refractivity contribution in [3.63, 3.8) is 0 Å². The number of nitro groups is 1. The predicted octanol–water partition coefficient (Wildman–Crippen LogP) is 1.89. The molecule has 156 valence electrons. The maximum atomic E-state index is 13.2. The molecule has 0 fully saturated rings. The van der Waals surface area contributed by atoms with Gasteiger partial charge in [-0.15, -0.1) is 0 Å². The SMILES string of the molecule is CC1CC(=O)Nc2ccccc2N1C(=O)CN(C)c1ccc(C(N)=O)cc1[N+](=O)[O-]. The summed E-state index contributed by atoms with van der Waals surface area (Å²) in [5, 5.41) is 14.3. The Labute approximate surface area is 172 Å². The van der Waals surface area contributed by atoms with Crippen LogP contribution in [0, 0.1) is 10.1 Å². The third kappa shape index (κ3) is 4.07. The molecule has 1 aliphatic rings. The van der Waals surface area contributed by atoms with Crippen LogP contribution in [0.25, 0.3) is 0 Å². The van der Waals surface area contributed by atoms with E-state index in [1.807, 2.05) is 0 Å². The Morgan fingerprint density at radius 3 is 2.67 bits per heavy atom. The summed E-state index contributed by atoms with van der Waals surface area (Å²) < 4.78 is 0.